The Bertz CT molecular complexity index is 387. The third-order valence-corrected chi connectivity index (χ3v) is 2.97. The molecular weight excluding hydrogens is 253 g/mol. The largest absolute Gasteiger partial charge is 0.383 e. The summed E-state index contributed by atoms with van der Waals surface area (Å²) in [5.41, 5.74) is 1.57. The van der Waals surface area contributed by atoms with Gasteiger partial charge in [0.25, 0.3) is 0 Å². The van der Waals surface area contributed by atoms with Crippen LogP contribution in [-0.2, 0) is 4.74 Å². The van der Waals surface area contributed by atoms with Crippen molar-refractivity contribution in [2.75, 3.05) is 26.8 Å². The van der Waals surface area contributed by atoms with Gasteiger partial charge in [0.05, 0.1) is 11.6 Å². The van der Waals surface area contributed by atoms with Crippen LogP contribution in [0.5, 0.6) is 0 Å². The quantitative estimate of drug-likeness (QED) is 0.767. The van der Waals surface area contributed by atoms with Gasteiger partial charge in [0, 0.05) is 25.8 Å². The average molecular weight is 272 g/mol. The fraction of sp³-hybridized carbons (Fsp3) is 0.429. The van der Waals surface area contributed by atoms with Gasteiger partial charge in [0.2, 0.25) is 0 Å². The summed E-state index contributed by atoms with van der Waals surface area (Å²) in [7, 11) is 1.66. The molecule has 0 aromatic heterocycles. The fourth-order valence-electron chi connectivity index (χ4n) is 1.55. The standard InChI is InChI=1S/C14H19ClFNO/c1-3-11(10-17-7-8-18-2)9-12-13(15)5-4-6-14(12)16/h4-6,9,17H,3,7-8,10H2,1-2H3. The van der Waals surface area contributed by atoms with Crippen LogP contribution < -0.4 is 5.32 Å². The minimum Gasteiger partial charge on any atom is -0.383 e. The predicted octanol–water partition coefficient (Wildman–Crippen LogP) is 3.51. The molecule has 0 radical (unpaired) electrons. The smallest absolute Gasteiger partial charge is 0.131 e. The molecule has 2 nitrogen and oxygen atoms in total. The second-order valence-corrected chi connectivity index (χ2v) is 4.37. The summed E-state index contributed by atoms with van der Waals surface area (Å²) < 4.78 is 18.6. The molecule has 1 rings (SSSR count). The Morgan fingerprint density at radius 2 is 2.28 bits per heavy atom. The van der Waals surface area contributed by atoms with Crippen LogP contribution in [0.1, 0.15) is 18.9 Å². The molecule has 0 saturated heterocycles. The van der Waals surface area contributed by atoms with E-state index in [9.17, 15) is 4.39 Å². The number of rotatable bonds is 7. The second kappa shape index (κ2) is 8.25. The molecule has 0 saturated carbocycles. The highest BCUT2D eigenvalue weighted by atomic mass is 35.5. The van der Waals surface area contributed by atoms with E-state index in [1.54, 1.807) is 19.2 Å². The summed E-state index contributed by atoms with van der Waals surface area (Å²) in [5.74, 6) is -0.287. The van der Waals surface area contributed by atoms with Crippen LogP contribution in [0.3, 0.4) is 0 Å². The molecule has 0 aliphatic heterocycles. The monoisotopic (exact) mass is 271 g/mol. The molecule has 0 unspecified atom stereocenters. The zero-order valence-electron chi connectivity index (χ0n) is 10.8. The Morgan fingerprint density at radius 3 is 2.89 bits per heavy atom. The lowest BCUT2D eigenvalue weighted by Crippen LogP contribution is -2.21. The van der Waals surface area contributed by atoms with Crippen molar-refractivity contribution in [3.8, 4) is 0 Å². The minimum absolute atomic E-state index is 0.287. The molecule has 1 N–H and O–H groups in total. The zero-order valence-corrected chi connectivity index (χ0v) is 11.6. The molecule has 1 aromatic rings. The van der Waals surface area contributed by atoms with Crippen LogP contribution in [0.2, 0.25) is 5.02 Å². The summed E-state index contributed by atoms with van der Waals surface area (Å²) in [6.45, 7) is 4.19. The first kappa shape index (κ1) is 15.2. The highest BCUT2D eigenvalue weighted by Gasteiger charge is 2.05. The van der Waals surface area contributed by atoms with Crippen LogP contribution in [0.15, 0.2) is 23.8 Å². The lowest BCUT2D eigenvalue weighted by Gasteiger charge is -2.08. The van der Waals surface area contributed by atoms with Crippen LogP contribution >= 0.6 is 11.6 Å². The maximum atomic E-state index is 13.6. The van der Waals surface area contributed by atoms with Gasteiger partial charge in [0.1, 0.15) is 5.82 Å². The molecule has 18 heavy (non-hydrogen) atoms. The first-order valence-electron chi connectivity index (χ1n) is 6.02. The number of nitrogens with one attached hydrogen (secondary N) is 1. The van der Waals surface area contributed by atoms with Crippen molar-refractivity contribution >= 4 is 17.7 Å². The Morgan fingerprint density at radius 1 is 1.50 bits per heavy atom. The van der Waals surface area contributed by atoms with Crippen molar-refractivity contribution in [2.24, 2.45) is 0 Å². The SMILES string of the molecule is CCC(=Cc1c(F)cccc1Cl)CNCCOC. The van der Waals surface area contributed by atoms with Gasteiger partial charge in [-0.1, -0.05) is 36.2 Å². The first-order valence-corrected chi connectivity index (χ1v) is 6.40. The summed E-state index contributed by atoms with van der Waals surface area (Å²) in [5, 5.41) is 3.68. The summed E-state index contributed by atoms with van der Waals surface area (Å²) in [6, 6.07) is 4.73. The molecule has 1 aromatic carbocycles. The number of benzene rings is 1. The Kier molecular flexibility index (Phi) is 6.94. The van der Waals surface area contributed by atoms with E-state index in [0.29, 0.717) is 23.7 Å². The Balaban J connectivity index is 2.71. The Hall–Kier alpha value is -0.900. The second-order valence-electron chi connectivity index (χ2n) is 3.96. The molecule has 0 aliphatic rings. The molecule has 0 atom stereocenters. The fourth-order valence-corrected chi connectivity index (χ4v) is 1.77. The highest BCUT2D eigenvalue weighted by Crippen LogP contribution is 2.22. The maximum absolute atomic E-state index is 13.6. The Labute approximate surface area is 113 Å². The first-order chi connectivity index (χ1) is 8.69. The maximum Gasteiger partial charge on any atom is 0.131 e. The van der Waals surface area contributed by atoms with E-state index < -0.39 is 0 Å². The summed E-state index contributed by atoms with van der Waals surface area (Å²) >= 11 is 5.99. The van der Waals surface area contributed by atoms with Gasteiger partial charge in [-0.15, -0.1) is 0 Å². The highest BCUT2D eigenvalue weighted by molar-refractivity contribution is 6.32. The van der Waals surface area contributed by atoms with Gasteiger partial charge < -0.3 is 10.1 Å². The van der Waals surface area contributed by atoms with Gasteiger partial charge in [-0.2, -0.15) is 0 Å². The topological polar surface area (TPSA) is 21.3 Å². The summed E-state index contributed by atoms with van der Waals surface area (Å²) in [6.07, 6.45) is 2.67. The van der Waals surface area contributed by atoms with Crippen molar-refractivity contribution in [1.29, 1.82) is 0 Å². The van der Waals surface area contributed by atoms with Crippen LogP contribution in [0.25, 0.3) is 6.08 Å². The number of hydrogen-bond donors (Lipinski definition) is 1. The molecular formula is C14H19ClFNO. The molecule has 0 fully saturated rings. The lowest BCUT2D eigenvalue weighted by molar-refractivity contribution is 0.200. The van der Waals surface area contributed by atoms with Crippen LogP contribution in [0.4, 0.5) is 4.39 Å². The van der Waals surface area contributed by atoms with E-state index in [0.717, 1.165) is 18.5 Å². The van der Waals surface area contributed by atoms with Crippen molar-refractivity contribution < 1.29 is 9.13 Å². The van der Waals surface area contributed by atoms with Gasteiger partial charge in [-0.05, 0) is 18.6 Å². The number of halogens is 2. The van der Waals surface area contributed by atoms with Gasteiger partial charge in [-0.3, -0.25) is 0 Å². The molecule has 0 spiro atoms. The van der Waals surface area contributed by atoms with Crippen molar-refractivity contribution in [1.82, 2.24) is 5.32 Å². The summed E-state index contributed by atoms with van der Waals surface area (Å²) in [4.78, 5) is 0. The third kappa shape index (κ3) is 4.77. The molecule has 0 aliphatic carbocycles. The van der Waals surface area contributed by atoms with E-state index in [-0.39, 0.29) is 5.82 Å². The lowest BCUT2D eigenvalue weighted by atomic mass is 10.1. The van der Waals surface area contributed by atoms with Gasteiger partial charge in [-0.25, -0.2) is 4.39 Å². The van der Waals surface area contributed by atoms with Crippen molar-refractivity contribution in [3.05, 3.63) is 40.2 Å². The zero-order chi connectivity index (χ0) is 13.4. The minimum atomic E-state index is -0.287. The molecule has 4 heteroatoms. The van der Waals surface area contributed by atoms with Crippen molar-refractivity contribution in [3.63, 3.8) is 0 Å². The van der Waals surface area contributed by atoms with E-state index in [1.165, 1.54) is 6.07 Å². The van der Waals surface area contributed by atoms with Gasteiger partial charge >= 0.3 is 0 Å². The van der Waals surface area contributed by atoms with E-state index in [1.807, 2.05) is 13.0 Å². The number of hydrogen-bond acceptors (Lipinski definition) is 2. The third-order valence-electron chi connectivity index (χ3n) is 2.64. The molecule has 0 amide bonds. The normalized spacial score (nSPS) is 11.9. The van der Waals surface area contributed by atoms with Gasteiger partial charge in [0.15, 0.2) is 0 Å². The van der Waals surface area contributed by atoms with E-state index in [2.05, 4.69) is 5.32 Å². The van der Waals surface area contributed by atoms with E-state index >= 15 is 0 Å². The van der Waals surface area contributed by atoms with Crippen molar-refractivity contribution in [2.45, 2.75) is 13.3 Å². The molecule has 0 bridgehead atoms. The molecule has 100 valence electrons. The predicted molar refractivity (Wildman–Crippen MR) is 74.4 cm³/mol. The van der Waals surface area contributed by atoms with E-state index in [4.69, 9.17) is 16.3 Å². The van der Waals surface area contributed by atoms with Crippen LogP contribution in [0, 0.1) is 5.82 Å². The number of ether oxygens (including phenoxy) is 1. The van der Waals surface area contributed by atoms with Crippen LogP contribution in [-0.4, -0.2) is 26.8 Å². The average Bonchev–Trinajstić information content (AvgIpc) is 2.36. The number of methoxy groups -OCH3 is 1. The molecule has 0 heterocycles.